The first kappa shape index (κ1) is 12.1. The molecule has 0 spiro atoms. The van der Waals surface area contributed by atoms with Crippen LogP contribution in [0.3, 0.4) is 0 Å². The Labute approximate surface area is 105 Å². The highest BCUT2D eigenvalue weighted by Gasteiger charge is 2.13. The smallest absolute Gasteiger partial charge is 0.0953 e. The van der Waals surface area contributed by atoms with E-state index in [9.17, 15) is 0 Å². The van der Waals surface area contributed by atoms with Crippen molar-refractivity contribution in [2.45, 2.75) is 26.4 Å². The molecule has 2 N–H and O–H groups in total. The molecule has 6 heteroatoms. The zero-order valence-electron chi connectivity index (χ0n) is 10.0. The fourth-order valence-corrected chi connectivity index (χ4v) is 2.12. The predicted octanol–water partition coefficient (Wildman–Crippen LogP) is 1.34. The average molecular weight is 254 g/mol. The maximum Gasteiger partial charge on any atom is 0.0953 e. The first-order valence-electron chi connectivity index (χ1n) is 5.56. The summed E-state index contributed by atoms with van der Waals surface area (Å²) in [6.07, 6.45) is 4.52. The van der Waals surface area contributed by atoms with Crippen LogP contribution in [0.25, 0.3) is 0 Å². The molecule has 92 valence electrons. The van der Waals surface area contributed by atoms with Gasteiger partial charge in [-0.3, -0.25) is 4.68 Å². The minimum atomic E-state index is 0.451. The normalized spacial score (nSPS) is 11.1. The van der Waals surface area contributed by atoms with E-state index in [2.05, 4.69) is 10.1 Å². The number of nitrogens with two attached hydrogens (primary N) is 1. The summed E-state index contributed by atoms with van der Waals surface area (Å²) in [6, 6.07) is 0. The van der Waals surface area contributed by atoms with E-state index in [0.717, 1.165) is 28.5 Å². The van der Waals surface area contributed by atoms with Crippen LogP contribution in [-0.2, 0) is 26.6 Å². The highest BCUT2D eigenvalue weighted by molar-refractivity contribution is 6.31. The Morgan fingerprint density at radius 1 is 1.47 bits per heavy atom. The molecule has 17 heavy (non-hydrogen) atoms. The molecule has 0 aliphatic carbocycles. The number of aromatic nitrogens is 4. The van der Waals surface area contributed by atoms with Gasteiger partial charge in [-0.05, 0) is 6.42 Å². The zero-order valence-corrected chi connectivity index (χ0v) is 10.8. The fraction of sp³-hybridized carbons (Fsp3) is 0.455. The molecular formula is C11H16ClN5. The Hall–Kier alpha value is -1.33. The second kappa shape index (κ2) is 4.89. The number of hydrogen-bond donors (Lipinski definition) is 1. The maximum absolute atomic E-state index is 6.28. The molecule has 0 saturated heterocycles. The van der Waals surface area contributed by atoms with Gasteiger partial charge in [0.15, 0.2) is 0 Å². The third-order valence-corrected chi connectivity index (χ3v) is 3.17. The summed E-state index contributed by atoms with van der Waals surface area (Å²) >= 11 is 6.28. The topological polar surface area (TPSA) is 61.7 Å². The monoisotopic (exact) mass is 253 g/mol. The maximum atomic E-state index is 6.28. The van der Waals surface area contributed by atoms with E-state index in [1.807, 2.05) is 29.4 Å². The minimum absolute atomic E-state index is 0.451. The first-order valence-corrected chi connectivity index (χ1v) is 5.94. The third-order valence-electron chi connectivity index (χ3n) is 2.73. The van der Waals surface area contributed by atoms with E-state index in [4.69, 9.17) is 17.3 Å². The lowest BCUT2D eigenvalue weighted by Crippen LogP contribution is -2.04. The number of imidazole rings is 1. The summed E-state index contributed by atoms with van der Waals surface area (Å²) in [7, 11) is 1.90. The summed E-state index contributed by atoms with van der Waals surface area (Å²) in [6.45, 7) is 3.16. The van der Waals surface area contributed by atoms with Gasteiger partial charge >= 0.3 is 0 Å². The quantitative estimate of drug-likeness (QED) is 0.895. The van der Waals surface area contributed by atoms with E-state index in [1.165, 1.54) is 0 Å². The van der Waals surface area contributed by atoms with Crippen molar-refractivity contribution >= 4 is 11.6 Å². The number of halogens is 1. The molecule has 0 atom stereocenters. The molecule has 2 aromatic heterocycles. The van der Waals surface area contributed by atoms with E-state index < -0.39 is 0 Å². The van der Waals surface area contributed by atoms with Crippen LogP contribution < -0.4 is 5.73 Å². The van der Waals surface area contributed by atoms with Gasteiger partial charge in [0.05, 0.1) is 35.0 Å². The Balaban J connectivity index is 2.26. The van der Waals surface area contributed by atoms with Crippen molar-refractivity contribution in [1.29, 1.82) is 0 Å². The number of nitrogens with zero attached hydrogens (tertiary/aromatic N) is 4. The largest absolute Gasteiger partial charge is 0.331 e. The Morgan fingerprint density at radius 2 is 2.24 bits per heavy atom. The molecule has 0 amide bonds. The van der Waals surface area contributed by atoms with E-state index in [0.29, 0.717) is 13.1 Å². The second-order valence-electron chi connectivity index (χ2n) is 3.93. The van der Waals surface area contributed by atoms with Gasteiger partial charge in [-0.15, -0.1) is 0 Å². The lowest BCUT2D eigenvalue weighted by Gasteiger charge is -2.03. The summed E-state index contributed by atoms with van der Waals surface area (Å²) in [4.78, 5) is 4.18. The van der Waals surface area contributed by atoms with Crippen molar-refractivity contribution < 1.29 is 0 Å². The molecular weight excluding hydrogens is 238 g/mol. The van der Waals surface area contributed by atoms with Crippen molar-refractivity contribution in [3.05, 3.63) is 34.6 Å². The molecule has 0 unspecified atom stereocenters. The number of aryl methyl sites for hydroxylation is 2. The molecule has 0 aliphatic rings. The van der Waals surface area contributed by atoms with Crippen molar-refractivity contribution in [2.24, 2.45) is 12.8 Å². The molecule has 0 saturated carbocycles. The standard InChI is InChI=1S/C11H16ClN5/c1-3-9-11(12)10(16(2)15-9)6-17-5-8(4-13)14-7-17/h5,7H,3-4,6,13H2,1-2H3. The molecule has 0 fully saturated rings. The molecule has 2 aromatic rings. The van der Waals surface area contributed by atoms with Crippen molar-refractivity contribution in [3.63, 3.8) is 0 Å². The summed E-state index contributed by atoms with van der Waals surface area (Å²) < 4.78 is 3.79. The molecule has 0 aliphatic heterocycles. The number of hydrogen-bond acceptors (Lipinski definition) is 3. The second-order valence-corrected chi connectivity index (χ2v) is 4.30. The lowest BCUT2D eigenvalue weighted by molar-refractivity contribution is 0.660. The van der Waals surface area contributed by atoms with Crippen LogP contribution >= 0.6 is 11.6 Å². The van der Waals surface area contributed by atoms with Gasteiger partial charge in [0.1, 0.15) is 0 Å². The van der Waals surface area contributed by atoms with Crippen LogP contribution in [0.1, 0.15) is 24.0 Å². The Kier molecular flexibility index (Phi) is 3.49. The van der Waals surface area contributed by atoms with E-state index in [1.54, 1.807) is 6.33 Å². The van der Waals surface area contributed by atoms with Crippen molar-refractivity contribution in [2.75, 3.05) is 0 Å². The highest BCUT2D eigenvalue weighted by atomic mass is 35.5. The molecule has 0 radical (unpaired) electrons. The highest BCUT2D eigenvalue weighted by Crippen LogP contribution is 2.21. The molecule has 2 rings (SSSR count). The SMILES string of the molecule is CCc1nn(C)c(Cn2cnc(CN)c2)c1Cl. The first-order chi connectivity index (χ1) is 8.15. The third kappa shape index (κ3) is 2.35. The van der Waals surface area contributed by atoms with Crippen LogP contribution in [0.4, 0.5) is 0 Å². The van der Waals surface area contributed by atoms with Crippen LogP contribution in [0.15, 0.2) is 12.5 Å². The van der Waals surface area contributed by atoms with Gasteiger partial charge in [-0.1, -0.05) is 18.5 Å². The molecule has 0 aromatic carbocycles. The van der Waals surface area contributed by atoms with Gasteiger partial charge in [-0.2, -0.15) is 5.10 Å². The summed E-state index contributed by atoms with van der Waals surface area (Å²) in [5.74, 6) is 0. The Morgan fingerprint density at radius 3 is 2.76 bits per heavy atom. The van der Waals surface area contributed by atoms with E-state index in [-0.39, 0.29) is 0 Å². The molecule has 5 nitrogen and oxygen atoms in total. The van der Waals surface area contributed by atoms with Crippen LogP contribution in [0.5, 0.6) is 0 Å². The van der Waals surface area contributed by atoms with Gasteiger partial charge in [-0.25, -0.2) is 4.98 Å². The van der Waals surface area contributed by atoms with Crippen LogP contribution in [0, 0.1) is 0 Å². The van der Waals surface area contributed by atoms with Gasteiger partial charge in [0.25, 0.3) is 0 Å². The molecule has 0 bridgehead atoms. The van der Waals surface area contributed by atoms with E-state index >= 15 is 0 Å². The van der Waals surface area contributed by atoms with Gasteiger partial charge in [0, 0.05) is 19.8 Å². The predicted molar refractivity (Wildman–Crippen MR) is 66.8 cm³/mol. The fourth-order valence-electron chi connectivity index (χ4n) is 1.76. The van der Waals surface area contributed by atoms with Crippen LogP contribution in [0.2, 0.25) is 5.02 Å². The lowest BCUT2D eigenvalue weighted by atomic mass is 10.3. The Bertz CT molecular complexity index is 514. The van der Waals surface area contributed by atoms with Gasteiger partial charge in [0.2, 0.25) is 0 Å². The van der Waals surface area contributed by atoms with Crippen molar-refractivity contribution in [3.8, 4) is 0 Å². The minimum Gasteiger partial charge on any atom is -0.331 e. The number of rotatable bonds is 4. The average Bonchev–Trinajstić information content (AvgIpc) is 2.88. The summed E-state index contributed by atoms with van der Waals surface area (Å²) in [5, 5.41) is 5.13. The van der Waals surface area contributed by atoms with Crippen LogP contribution in [-0.4, -0.2) is 19.3 Å². The molecule has 2 heterocycles. The summed E-state index contributed by atoms with van der Waals surface area (Å²) in [5.41, 5.74) is 8.32. The van der Waals surface area contributed by atoms with Gasteiger partial charge < -0.3 is 10.3 Å². The van der Waals surface area contributed by atoms with Crippen molar-refractivity contribution in [1.82, 2.24) is 19.3 Å². The zero-order chi connectivity index (χ0) is 12.4.